The van der Waals surface area contributed by atoms with Crippen LogP contribution in [0.4, 0.5) is 8.78 Å². The van der Waals surface area contributed by atoms with Crippen molar-refractivity contribution in [2.24, 2.45) is 0 Å². The van der Waals surface area contributed by atoms with Crippen LogP contribution in [0.25, 0.3) is 0 Å². The Labute approximate surface area is 202 Å². The van der Waals surface area contributed by atoms with Gasteiger partial charge in [-0.15, -0.1) is 11.3 Å². The molecule has 1 amide bonds. The lowest BCUT2D eigenvalue weighted by Gasteiger charge is -2.35. The Balaban J connectivity index is 1.37. The normalized spacial score (nSPS) is 15.4. The minimum atomic E-state index is -3.67. The van der Waals surface area contributed by atoms with Crippen LogP contribution in [-0.4, -0.2) is 67.7 Å². The Morgan fingerprint density at radius 1 is 0.912 bits per heavy atom. The van der Waals surface area contributed by atoms with Crippen LogP contribution in [0.3, 0.4) is 0 Å². The van der Waals surface area contributed by atoms with Gasteiger partial charge in [0.2, 0.25) is 10.0 Å². The smallest absolute Gasteiger partial charge is 0.264 e. The summed E-state index contributed by atoms with van der Waals surface area (Å²) in [5.74, 6) is -0.892. The van der Waals surface area contributed by atoms with Gasteiger partial charge in [0.25, 0.3) is 5.91 Å². The van der Waals surface area contributed by atoms with Crippen molar-refractivity contribution in [3.8, 4) is 0 Å². The van der Waals surface area contributed by atoms with Crippen molar-refractivity contribution in [2.45, 2.75) is 11.4 Å². The Morgan fingerprint density at radius 2 is 1.53 bits per heavy atom. The van der Waals surface area contributed by atoms with Gasteiger partial charge in [0.15, 0.2) is 0 Å². The van der Waals surface area contributed by atoms with E-state index in [1.165, 1.54) is 39.9 Å². The number of hydrogen-bond donors (Lipinski definition) is 0. The van der Waals surface area contributed by atoms with E-state index in [4.69, 9.17) is 0 Å². The molecule has 1 aromatic heterocycles. The molecule has 0 atom stereocenters. The molecule has 10 heteroatoms. The molecule has 34 heavy (non-hydrogen) atoms. The fourth-order valence-electron chi connectivity index (χ4n) is 3.83. The Morgan fingerprint density at radius 3 is 2.12 bits per heavy atom. The number of carbonyl (C=O) groups excluding carboxylic acids is 1. The molecule has 0 aliphatic carbocycles. The van der Waals surface area contributed by atoms with E-state index >= 15 is 0 Å². The van der Waals surface area contributed by atoms with E-state index in [-0.39, 0.29) is 16.6 Å². The highest BCUT2D eigenvalue weighted by Gasteiger charge is 2.29. The van der Waals surface area contributed by atoms with Crippen LogP contribution < -0.4 is 0 Å². The lowest BCUT2D eigenvalue weighted by atomic mass is 10.2. The maximum absolute atomic E-state index is 13.3. The third-order valence-electron chi connectivity index (χ3n) is 5.77. The molecule has 0 radical (unpaired) electrons. The lowest BCUT2D eigenvalue weighted by Crippen LogP contribution is -2.50. The van der Waals surface area contributed by atoms with Crippen LogP contribution in [0, 0.1) is 11.6 Å². The summed E-state index contributed by atoms with van der Waals surface area (Å²) in [4.78, 5) is 17.6. The number of carbonyl (C=O) groups is 1. The van der Waals surface area contributed by atoms with E-state index in [1.54, 1.807) is 23.1 Å². The van der Waals surface area contributed by atoms with Crippen LogP contribution in [0.1, 0.15) is 15.2 Å². The van der Waals surface area contributed by atoms with Gasteiger partial charge >= 0.3 is 0 Å². The molecule has 0 spiro atoms. The summed E-state index contributed by atoms with van der Waals surface area (Å²) in [5, 5.41) is 1.85. The summed E-state index contributed by atoms with van der Waals surface area (Å²) in [6.45, 7) is 3.08. The van der Waals surface area contributed by atoms with Crippen LogP contribution in [-0.2, 0) is 16.6 Å². The number of thiophene rings is 1. The predicted octanol–water partition coefficient (Wildman–Crippen LogP) is 3.68. The summed E-state index contributed by atoms with van der Waals surface area (Å²) >= 11 is 1.37. The zero-order valence-electron chi connectivity index (χ0n) is 18.4. The number of rotatable bonds is 8. The first-order valence-corrected chi connectivity index (χ1v) is 13.2. The van der Waals surface area contributed by atoms with Crippen molar-refractivity contribution in [2.75, 3.05) is 39.3 Å². The van der Waals surface area contributed by atoms with Crippen molar-refractivity contribution in [1.29, 1.82) is 0 Å². The molecule has 1 aliphatic rings. The van der Waals surface area contributed by atoms with Gasteiger partial charge in [-0.25, -0.2) is 17.2 Å². The van der Waals surface area contributed by atoms with Gasteiger partial charge in [0, 0.05) is 45.8 Å². The van der Waals surface area contributed by atoms with E-state index in [0.717, 1.165) is 17.7 Å². The number of amides is 1. The Kier molecular flexibility index (Phi) is 7.72. The molecule has 1 saturated heterocycles. The second-order valence-electron chi connectivity index (χ2n) is 8.03. The average molecular weight is 506 g/mol. The van der Waals surface area contributed by atoms with Crippen LogP contribution in [0.5, 0.6) is 0 Å². The number of halogens is 2. The first-order valence-electron chi connectivity index (χ1n) is 10.9. The van der Waals surface area contributed by atoms with Gasteiger partial charge in [-0.3, -0.25) is 9.69 Å². The molecule has 6 nitrogen and oxygen atoms in total. The summed E-state index contributed by atoms with van der Waals surface area (Å²) in [7, 11) is -3.67. The zero-order chi connectivity index (χ0) is 24.1. The Hall–Kier alpha value is -2.66. The van der Waals surface area contributed by atoms with Crippen molar-refractivity contribution < 1.29 is 22.0 Å². The monoisotopic (exact) mass is 505 g/mol. The topological polar surface area (TPSA) is 60.9 Å². The summed E-state index contributed by atoms with van der Waals surface area (Å²) in [6, 6.07) is 14.5. The molecular formula is C24H25F2N3O3S2. The number of hydrogen-bond acceptors (Lipinski definition) is 5. The van der Waals surface area contributed by atoms with E-state index < -0.39 is 15.8 Å². The lowest BCUT2D eigenvalue weighted by molar-refractivity contribution is 0.0715. The van der Waals surface area contributed by atoms with Crippen molar-refractivity contribution in [1.82, 2.24) is 14.1 Å². The number of sulfonamides is 1. The van der Waals surface area contributed by atoms with Gasteiger partial charge in [-0.2, -0.15) is 4.31 Å². The third kappa shape index (κ3) is 5.87. The van der Waals surface area contributed by atoms with Gasteiger partial charge in [0.05, 0.1) is 9.77 Å². The SMILES string of the molecule is O=C(c1cccs1)N(CCN1CCN(S(=O)(=O)c2ccc(F)cc2)CC1)Cc1ccc(F)cc1. The largest absolute Gasteiger partial charge is 0.332 e. The first-order chi connectivity index (χ1) is 16.3. The molecule has 1 fully saturated rings. The van der Waals surface area contributed by atoms with Gasteiger partial charge < -0.3 is 4.90 Å². The molecule has 0 saturated carbocycles. The molecular weight excluding hydrogens is 480 g/mol. The summed E-state index contributed by atoms with van der Waals surface area (Å²) < 4.78 is 53.5. The summed E-state index contributed by atoms with van der Waals surface area (Å²) in [6.07, 6.45) is 0. The van der Waals surface area contributed by atoms with Crippen LogP contribution in [0.2, 0.25) is 0 Å². The maximum Gasteiger partial charge on any atom is 0.264 e. The standard InChI is InChI=1S/C24H25F2N3O3S2/c25-20-5-3-19(4-6-20)18-28(24(30)23-2-1-17-33-23)14-11-27-12-15-29(16-13-27)34(31,32)22-9-7-21(26)8-10-22/h1-10,17H,11-16,18H2. The van der Waals surface area contributed by atoms with E-state index in [2.05, 4.69) is 4.90 Å². The highest BCUT2D eigenvalue weighted by molar-refractivity contribution is 7.89. The van der Waals surface area contributed by atoms with Crippen molar-refractivity contribution in [3.63, 3.8) is 0 Å². The molecule has 0 bridgehead atoms. The summed E-state index contributed by atoms with van der Waals surface area (Å²) in [5.41, 5.74) is 0.835. The molecule has 1 aliphatic heterocycles. The number of nitrogens with zero attached hydrogens (tertiary/aromatic N) is 3. The van der Waals surface area contributed by atoms with E-state index in [1.807, 2.05) is 11.4 Å². The zero-order valence-corrected chi connectivity index (χ0v) is 20.1. The average Bonchev–Trinajstić information content (AvgIpc) is 3.38. The highest BCUT2D eigenvalue weighted by atomic mass is 32.2. The van der Waals surface area contributed by atoms with Crippen molar-refractivity contribution >= 4 is 27.3 Å². The van der Waals surface area contributed by atoms with Crippen molar-refractivity contribution in [3.05, 3.63) is 88.1 Å². The predicted molar refractivity (Wildman–Crippen MR) is 127 cm³/mol. The second-order valence-corrected chi connectivity index (χ2v) is 10.9. The van der Waals surface area contributed by atoms with E-state index in [0.29, 0.717) is 50.7 Å². The fraction of sp³-hybridized carbons (Fsp3) is 0.292. The molecule has 0 N–H and O–H groups in total. The highest BCUT2D eigenvalue weighted by Crippen LogP contribution is 2.19. The van der Waals surface area contributed by atoms with Crippen LogP contribution >= 0.6 is 11.3 Å². The number of piperazine rings is 1. The maximum atomic E-state index is 13.3. The van der Waals surface area contributed by atoms with E-state index in [9.17, 15) is 22.0 Å². The molecule has 2 heterocycles. The quantitative estimate of drug-likeness (QED) is 0.469. The molecule has 2 aromatic carbocycles. The molecule has 3 aromatic rings. The number of benzene rings is 2. The third-order valence-corrected chi connectivity index (χ3v) is 8.55. The molecule has 0 unspecified atom stereocenters. The van der Waals surface area contributed by atoms with Gasteiger partial charge in [0.1, 0.15) is 11.6 Å². The second kappa shape index (κ2) is 10.7. The molecule has 180 valence electrons. The Bertz CT molecular complexity index is 1190. The minimum Gasteiger partial charge on any atom is -0.332 e. The molecule has 4 rings (SSSR count). The van der Waals surface area contributed by atoms with Gasteiger partial charge in [-0.1, -0.05) is 18.2 Å². The minimum absolute atomic E-state index is 0.0781. The fourth-order valence-corrected chi connectivity index (χ4v) is 5.94. The van der Waals surface area contributed by atoms with Gasteiger partial charge in [-0.05, 0) is 53.4 Å². The van der Waals surface area contributed by atoms with Crippen LogP contribution in [0.15, 0.2) is 70.9 Å². The first kappa shape index (κ1) is 24.5.